The largest absolute Gasteiger partial charge is 0.335 e. The standard InChI is InChI=1S/C16H15ClN2O/c17-13-5-6-14-12(2-1-7-18-14)15(13)16(20)19-9-10-3-4-11(19)8-10/h1-2,5-7,10-11H,3-4,8-9H2/t10-,11-/m0/s1. The summed E-state index contributed by atoms with van der Waals surface area (Å²) in [6.45, 7) is 0.885. The molecular formula is C16H15ClN2O. The number of fused-ring (bicyclic) bond motifs is 3. The third-order valence-corrected chi connectivity index (χ3v) is 4.93. The van der Waals surface area contributed by atoms with Gasteiger partial charge in [0.05, 0.1) is 16.1 Å². The average molecular weight is 287 g/mol. The molecule has 1 aromatic heterocycles. The van der Waals surface area contributed by atoms with E-state index in [2.05, 4.69) is 4.98 Å². The van der Waals surface area contributed by atoms with E-state index in [1.165, 1.54) is 6.42 Å². The van der Waals surface area contributed by atoms with Crippen molar-refractivity contribution in [2.45, 2.75) is 25.3 Å². The van der Waals surface area contributed by atoms with E-state index >= 15 is 0 Å². The van der Waals surface area contributed by atoms with Crippen molar-refractivity contribution in [1.82, 2.24) is 9.88 Å². The van der Waals surface area contributed by atoms with Gasteiger partial charge in [0.1, 0.15) is 0 Å². The van der Waals surface area contributed by atoms with E-state index in [4.69, 9.17) is 11.6 Å². The third kappa shape index (κ3) is 1.73. The smallest absolute Gasteiger partial charge is 0.256 e. The Kier molecular flexibility index (Phi) is 2.71. The van der Waals surface area contributed by atoms with Crippen molar-refractivity contribution in [3.05, 3.63) is 41.0 Å². The van der Waals surface area contributed by atoms with Crippen LogP contribution in [0.3, 0.4) is 0 Å². The van der Waals surface area contributed by atoms with Crippen LogP contribution in [0.5, 0.6) is 0 Å². The summed E-state index contributed by atoms with van der Waals surface area (Å²) in [4.78, 5) is 19.2. The summed E-state index contributed by atoms with van der Waals surface area (Å²) in [5.41, 5.74) is 1.44. The molecule has 2 aliphatic rings. The molecule has 4 rings (SSSR count). The van der Waals surface area contributed by atoms with Crippen LogP contribution in [0.25, 0.3) is 10.9 Å². The summed E-state index contributed by atoms with van der Waals surface area (Å²) in [5.74, 6) is 0.761. The van der Waals surface area contributed by atoms with Crippen molar-refractivity contribution < 1.29 is 4.79 Å². The normalized spacial score (nSPS) is 24.6. The van der Waals surface area contributed by atoms with Gasteiger partial charge in [-0.1, -0.05) is 17.7 Å². The lowest BCUT2D eigenvalue weighted by Crippen LogP contribution is -2.37. The van der Waals surface area contributed by atoms with E-state index in [0.717, 1.165) is 30.3 Å². The van der Waals surface area contributed by atoms with Crippen LogP contribution in [-0.4, -0.2) is 28.4 Å². The molecule has 1 saturated carbocycles. The van der Waals surface area contributed by atoms with Crippen molar-refractivity contribution in [3.8, 4) is 0 Å². The molecule has 1 aromatic carbocycles. The number of hydrogen-bond donors (Lipinski definition) is 0. The molecule has 20 heavy (non-hydrogen) atoms. The highest BCUT2D eigenvalue weighted by Crippen LogP contribution is 2.39. The Morgan fingerprint density at radius 1 is 1.30 bits per heavy atom. The second-order valence-electron chi connectivity index (χ2n) is 5.78. The molecule has 2 heterocycles. The van der Waals surface area contributed by atoms with Crippen LogP contribution in [0.4, 0.5) is 0 Å². The Bertz CT molecular complexity index is 700. The summed E-state index contributed by atoms with van der Waals surface area (Å²) in [6, 6.07) is 7.83. The first-order valence-corrected chi connectivity index (χ1v) is 7.46. The van der Waals surface area contributed by atoms with Gasteiger partial charge in [0.2, 0.25) is 0 Å². The molecular weight excluding hydrogens is 272 g/mol. The maximum Gasteiger partial charge on any atom is 0.256 e. The number of carbonyl (C=O) groups is 1. The Balaban J connectivity index is 1.81. The monoisotopic (exact) mass is 286 g/mol. The summed E-state index contributed by atoms with van der Waals surface area (Å²) in [5, 5.41) is 1.38. The number of rotatable bonds is 1. The molecule has 0 N–H and O–H groups in total. The second-order valence-corrected chi connectivity index (χ2v) is 6.19. The number of carbonyl (C=O) groups excluding carboxylic acids is 1. The van der Waals surface area contributed by atoms with E-state index < -0.39 is 0 Å². The summed E-state index contributed by atoms with van der Waals surface area (Å²) in [7, 11) is 0. The molecule has 2 atom stereocenters. The molecule has 0 radical (unpaired) electrons. The van der Waals surface area contributed by atoms with Crippen molar-refractivity contribution in [1.29, 1.82) is 0 Å². The summed E-state index contributed by atoms with van der Waals surface area (Å²) < 4.78 is 0. The van der Waals surface area contributed by atoms with E-state index in [1.54, 1.807) is 12.3 Å². The SMILES string of the molecule is O=C(c1c(Cl)ccc2ncccc12)N1C[C@H]2CC[C@H]1C2. The minimum Gasteiger partial charge on any atom is -0.335 e. The molecule has 1 aliphatic carbocycles. The first-order valence-electron chi connectivity index (χ1n) is 7.08. The number of nitrogens with zero attached hydrogens (tertiary/aromatic N) is 2. The van der Waals surface area contributed by atoms with Crippen molar-refractivity contribution in [3.63, 3.8) is 0 Å². The molecule has 4 heteroatoms. The third-order valence-electron chi connectivity index (χ3n) is 4.62. The fourth-order valence-corrected chi connectivity index (χ4v) is 3.91. The van der Waals surface area contributed by atoms with Gasteiger partial charge in [-0.2, -0.15) is 0 Å². The van der Waals surface area contributed by atoms with Crippen LogP contribution < -0.4 is 0 Å². The molecule has 1 aliphatic heterocycles. The van der Waals surface area contributed by atoms with E-state index in [0.29, 0.717) is 22.5 Å². The van der Waals surface area contributed by atoms with Gasteiger partial charge in [0.15, 0.2) is 0 Å². The Hall–Kier alpha value is -1.61. The number of aromatic nitrogens is 1. The predicted octanol–water partition coefficient (Wildman–Crippen LogP) is 3.51. The number of halogens is 1. The van der Waals surface area contributed by atoms with Gasteiger partial charge in [-0.05, 0) is 43.4 Å². The highest BCUT2D eigenvalue weighted by Gasteiger charge is 2.41. The zero-order chi connectivity index (χ0) is 13.7. The van der Waals surface area contributed by atoms with Crippen LogP contribution in [0.2, 0.25) is 5.02 Å². The lowest BCUT2D eigenvalue weighted by atomic mass is 10.0. The molecule has 2 bridgehead atoms. The van der Waals surface area contributed by atoms with Crippen LogP contribution in [0, 0.1) is 5.92 Å². The van der Waals surface area contributed by atoms with Gasteiger partial charge >= 0.3 is 0 Å². The Labute approximate surface area is 122 Å². The van der Waals surface area contributed by atoms with Crippen LogP contribution in [0.1, 0.15) is 29.6 Å². The lowest BCUT2D eigenvalue weighted by molar-refractivity contribution is 0.0706. The van der Waals surface area contributed by atoms with Gasteiger partial charge in [0.25, 0.3) is 5.91 Å². The van der Waals surface area contributed by atoms with Crippen LogP contribution in [0.15, 0.2) is 30.5 Å². The number of pyridine rings is 1. The average Bonchev–Trinajstić information content (AvgIpc) is 3.09. The second kappa shape index (κ2) is 4.45. The Morgan fingerprint density at radius 3 is 2.95 bits per heavy atom. The minimum atomic E-state index is 0.0702. The quantitative estimate of drug-likeness (QED) is 0.804. The number of benzene rings is 1. The topological polar surface area (TPSA) is 33.2 Å². The highest BCUT2D eigenvalue weighted by atomic mass is 35.5. The van der Waals surface area contributed by atoms with Gasteiger partial charge in [-0.15, -0.1) is 0 Å². The number of likely N-dealkylation sites (tertiary alicyclic amines) is 1. The maximum absolute atomic E-state index is 12.9. The van der Waals surface area contributed by atoms with E-state index in [-0.39, 0.29) is 5.91 Å². The number of piperidine rings is 1. The summed E-state index contributed by atoms with van der Waals surface area (Å²) in [6.07, 6.45) is 5.30. The zero-order valence-corrected chi connectivity index (χ0v) is 11.8. The predicted molar refractivity (Wildman–Crippen MR) is 78.9 cm³/mol. The van der Waals surface area contributed by atoms with Crippen molar-refractivity contribution in [2.75, 3.05) is 6.54 Å². The molecule has 1 saturated heterocycles. The van der Waals surface area contributed by atoms with Gasteiger partial charge in [-0.3, -0.25) is 9.78 Å². The van der Waals surface area contributed by atoms with Gasteiger partial charge in [0, 0.05) is 24.2 Å². The fraction of sp³-hybridized carbons (Fsp3) is 0.375. The first-order chi connectivity index (χ1) is 9.74. The lowest BCUT2D eigenvalue weighted by Gasteiger charge is -2.27. The highest BCUT2D eigenvalue weighted by molar-refractivity contribution is 6.35. The fourth-order valence-electron chi connectivity index (χ4n) is 3.66. The molecule has 2 fully saturated rings. The number of hydrogen-bond acceptors (Lipinski definition) is 2. The van der Waals surface area contributed by atoms with Crippen LogP contribution in [-0.2, 0) is 0 Å². The van der Waals surface area contributed by atoms with Gasteiger partial charge in [-0.25, -0.2) is 0 Å². The molecule has 102 valence electrons. The van der Waals surface area contributed by atoms with E-state index in [1.807, 2.05) is 23.1 Å². The minimum absolute atomic E-state index is 0.0702. The van der Waals surface area contributed by atoms with E-state index in [9.17, 15) is 4.79 Å². The molecule has 3 nitrogen and oxygen atoms in total. The van der Waals surface area contributed by atoms with Crippen molar-refractivity contribution in [2.24, 2.45) is 5.92 Å². The molecule has 0 spiro atoms. The molecule has 2 aromatic rings. The Morgan fingerprint density at radius 2 is 2.20 bits per heavy atom. The molecule has 1 amide bonds. The number of amides is 1. The van der Waals surface area contributed by atoms with Crippen LogP contribution >= 0.6 is 11.6 Å². The van der Waals surface area contributed by atoms with Gasteiger partial charge < -0.3 is 4.90 Å². The first kappa shape index (κ1) is 12.2. The van der Waals surface area contributed by atoms with Crippen molar-refractivity contribution >= 4 is 28.4 Å². The maximum atomic E-state index is 12.9. The molecule has 0 unspecified atom stereocenters. The summed E-state index contributed by atoms with van der Waals surface area (Å²) >= 11 is 6.30. The zero-order valence-electron chi connectivity index (χ0n) is 11.1.